The Bertz CT molecular complexity index is 624. The first-order valence-electron chi connectivity index (χ1n) is 9.26. The topological polar surface area (TPSA) is 43.4 Å². The van der Waals surface area contributed by atoms with E-state index in [0.717, 1.165) is 38.2 Å². The lowest BCUT2D eigenvalue weighted by molar-refractivity contribution is 0.0255. The lowest BCUT2D eigenvalue weighted by Crippen LogP contribution is -2.26. The zero-order chi connectivity index (χ0) is 17.5. The SMILES string of the molecule is CC[C@@H](N[C@@H](C)c1ccc(OC2CCOCC2)cc1)c1ccncc1. The van der Waals surface area contributed by atoms with Gasteiger partial charge in [0.05, 0.1) is 13.2 Å². The molecule has 0 unspecified atom stereocenters. The Kier molecular flexibility index (Phi) is 6.42. The largest absolute Gasteiger partial charge is 0.490 e. The van der Waals surface area contributed by atoms with Crippen molar-refractivity contribution in [1.82, 2.24) is 10.3 Å². The minimum Gasteiger partial charge on any atom is -0.490 e. The number of rotatable bonds is 7. The van der Waals surface area contributed by atoms with E-state index in [1.165, 1.54) is 11.1 Å². The summed E-state index contributed by atoms with van der Waals surface area (Å²) in [5.74, 6) is 0.948. The number of benzene rings is 1. The maximum Gasteiger partial charge on any atom is 0.119 e. The first-order valence-corrected chi connectivity index (χ1v) is 9.26. The maximum absolute atomic E-state index is 6.05. The van der Waals surface area contributed by atoms with Crippen LogP contribution < -0.4 is 10.1 Å². The Morgan fingerprint density at radius 3 is 2.40 bits per heavy atom. The summed E-state index contributed by atoms with van der Waals surface area (Å²) in [6, 6.07) is 13.2. The normalized spacial score (nSPS) is 17.8. The fourth-order valence-corrected chi connectivity index (χ4v) is 3.26. The summed E-state index contributed by atoms with van der Waals surface area (Å²) < 4.78 is 11.4. The highest BCUT2D eigenvalue weighted by molar-refractivity contribution is 5.29. The average molecular weight is 340 g/mol. The molecule has 1 fully saturated rings. The second kappa shape index (κ2) is 8.97. The average Bonchev–Trinajstić information content (AvgIpc) is 2.68. The summed E-state index contributed by atoms with van der Waals surface area (Å²) in [6.45, 7) is 6.02. The van der Waals surface area contributed by atoms with E-state index in [1.807, 2.05) is 12.4 Å². The summed E-state index contributed by atoms with van der Waals surface area (Å²) in [4.78, 5) is 4.11. The molecule has 3 rings (SSSR count). The molecule has 2 atom stereocenters. The zero-order valence-corrected chi connectivity index (χ0v) is 15.2. The molecule has 1 aromatic carbocycles. The van der Waals surface area contributed by atoms with Crippen LogP contribution in [0.3, 0.4) is 0 Å². The van der Waals surface area contributed by atoms with Crippen LogP contribution in [0.2, 0.25) is 0 Å². The van der Waals surface area contributed by atoms with Crippen LogP contribution in [0.4, 0.5) is 0 Å². The third-order valence-corrected chi connectivity index (χ3v) is 4.82. The van der Waals surface area contributed by atoms with Gasteiger partial charge in [0.1, 0.15) is 11.9 Å². The van der Waals surface area contributed by atoms with Crippen LogP contribution in [-0.2, 0) is 4.74 Å². The highest BCUT2D eigenvalue weighted by Gasteiger charge is 2.16. The first-order chi connectivity index (χ1) is 12.3. The number of hydrogen-bond donors (Lipinski definition) is 1. The second-order valence-corrected chi connectivity index (χ2v) is 6.63. The molecule has 0 spiro atoms. The molecule has 2 aromatic rings. The molecular formula is C21H28N2O2. The monoisotopic (exact) mass is 340 g/mol. The van der Waals surface area contributed by atoms with E-state index in [9.17, 15) is 0 Å². The van der Waals surface area contributed by atoms with Gasteiger partial charge in [-0.15, -0.1) is 0 Å². The molecule has 4 nitrogen and oxygen atoms in total. The van der Waals surface area contributed by atoms with Crippen molar-refractivity contribution in [3.63, 3.8) is 0 Å². The van der Waals surface area contributed by atoms with Gasteiger partial charge in [-0.3, -0.25) is 4.98 Å². The summed E-state index contributed by atoms with van der Waals surface area (Å²) in [6.07, 6.45) is 6.98. The molecule has 2 heterocycles. The summed E-state index contributed by atoms with van der Waals surface area (Å²) in [5.41, 5.74) is 2.55. The molecule has 1 aliphatic heterocycles. The van der Waals surface area contributed by atoms with Gasteiger partial charge in [0.2, 0.25) is 0 Å². The van der Waals surface area contributed by atoms with Crippen molar-refractivity contribution in [3.05, 3.63) is 59.9 Å². The van der Waals surface area contributed by atoms with Gasteiger partial charge in [0.15, 0.2) is 0 Å². The van der Waals surface area contributed by atoms with Gasteiger partial charge in [-0.2, -0.15) is 0 Å². The standard InChI is InChI=1S/C21H28N2O2/c1-3-21(18-8-12-22-13-9-18)23-16(2)17-4-6-19(7-5-17)25-20-10-14-24-15-11-20/h4-9,12-13,16,20-21,23H,3,10-11,14-15H2,1-2H3/t16-,21+/m0/s1. The number of hydrogen-bond acceptors (Lipinski definition) is 4. The Morgan fingerprint density at radius 1 is 1.08 bits per heavy atom. The van der Waals surface area contributed by atoms with Gasteiger partial charge >= 0.3 is 0 Å². The van der Waals surface area contributed by atoms with Gasteiger partial charge in [0.25, 0.3) is 0 Å². The van der Waals surface area contributed by atoms with Crippen LogP contribution in [0.5, 0.6) is 5.75 Å². The minimum atomic E-state index is 0.273. The molecule has 0 aliphatic carbocycles. The van der Waals surface area contributed by atoms with Gasteiger partial charge in [-0.05, 0) is 48.7 Å². The van der Waals surface area contributed by atoms with Crippen molar-refractivity contribution in [2.24, 2.45) is 0 Å². The third kappa shape index (κ3) is 5.03. The predicted octanol–water partition coefficient (Wildman–Crippen LogP) is 4.44. The molecule has 1 aliphatic rings. The van der Waals surface area contributed by atoms with Crippen LogP contribution in [-0.4, -0.2) is 24.3 Å². The van der Waals surface area contributed by atoms with E-state index in [4.69, 9.17) is 9.47 Å². The molecule has 1 saturated heterocycles. The van der Waals surface area contributed by atoms with Crippen molar-refractivity contribution >= 4 is 0 Å². The zero-order valence-electron chi connectivity index (χ0n) is 15.2. The molecule has 1 N–H and O–H groups in total. The van der Waals surface area contributed by atoms with Crippen LogP contribution in [0.15, 0.2) is 48.8 Å². The van der Waals surface area contributed by atoms with E-state index in [0.29, 0.717) is 6.04 Å². The number of ether oxygens (including phenoxy) is 2. The van der Waals surface area contributed by atoms with Crippen molar-refractivity contribution in [3.8, 4) is 5.75 Å². The molecule has 0 saturated carbocycles. The van der Waals surface area contributed by atoms with Crippen LogP contribution in [0.25, 0.3) is 0 Å². The van der Waals surface area contributed by atoms with Crippen LogP contribution in [0, 0.1) is 0 Å². The quantitative estimate of drug-likeness (QED) is 0.809. The van der Waals surface area contributed by atoms with Crippen molar-refractivity contribution in [2.75, 3.05) is 13.2 Å². The molecule has 4 heteroatoms. The van der Waals surface area contributed by atoms with Crippen molar-refractivity contribution in [1.29, 1.82) is 0 Å². The second-order valence-electron chi connectivity index (χ2n) is 6.63. The fourth-order valence-electron chi connectivity index (χ4n) is 3.26. The number of pyridine rings is 1. The van der Waals surface area contributed by atoms with Crippen LogP contribution >= 0.6 is 0 Å². The third-order valence-electron chi connectivity index (χ3n) is 4.82. The van der Waals surface area contributed by atoms with Gasteiger partial charge < -0.3 is 14.8 Å². The van der Waals surface area contributed by atoms with Gasteiger partial charge in [-0.25, -0.2) is 0 Å². The Hall–Kier alpha value is -1.91. The van der Waals surface area contributed by atoms with E-state index in [1.54, 1.807) is 0 Å². The smallest absolute Gasteiger partial charge is 0.119 e. The molecule has 0 radical (unpaired) electrons. The Morgan fingerprint density at radius 2 is 1.76 bits per heavy atom. The number of nitrogens with one attached hydrogen (secondary N) is 1. The first kappa shape index (κ1) is 17.9. The molecular weight excluding hydrogens is 312 g/mol. The molecule has 0 bridgehead atoms. The maximum atomic E-state index is 6.05. The predicted molar refractivity (Wildman–Crippen MR) is 99.7 cm³/mol. The molecule has 1 aromatic heterocycles. The van der Waals surface area contributed by atoms with Crippen molar-refractivity contribution < 1.29 is 9.47 Å². The van der Waals surface area contributed by atoms with Crippen LogP contribution in [0.1, 0.15) is 56.3 Å². The lowest BCUT2D eigenvalue weighted by atomic mass is 10.0. The van der Waals surface area contributed by atoms with Crippen molar-refractivity contribution in [2.45, 2.75) is 51.3 Å². The summed E-state index contributed by atoms with van der Waals surface area (Å²) in [7, 11) is 0. The van der Waals surface area contributed by atoms with E-state index < -0.39 is 0 Å². The minimum absolute atomic E-state index is 0.273. The van der Waals surface area contributed by atoms with E-state index in [2.05, 4.69) is 60.5 Å². The molecule has 25 heavy (non-hydrogen) atoms. The fraction of sp³-hybridized carbons (Fsp3) is 0.476. The van der Waals surface area contributed by atoms with E-state index >= 15 is 0 Å². The van der Waals surface area contributed by atoms with Gasteiger partial charge in [0, 0.05) is 37.3 Å². The Balaban J connectivity index is 1.59. The molecule has 134 valence electrons. The highest BCUT2D eigenvalue weighted by atomic mass is 16.5. The summed E-state index contributed by atoms with van der Waals surface area (Å²) >= 11 is 0. The highest BCUT2D eigenvalue weighted by Crippen LogP contribution is 2.24. The number of aromatic nitrogens is 1. The van der Waals surface area contributed by atoms with Gasteiger partial charge in [-0.1, -0.05) is 19.1 Å². The van der Waals surface area contributed by atoms with E-state index in [-0.39, 0.29) is 12.1 Å². The lowest BCUT2D eigenvalue weighted by Gasteiger charge is -2.25. The molecule has 0 amide bonds. The Labute approximate surface area is 150 Å². The number of nitrogens with zero attached hydrogens (tertiary/aromatic N) is 1. The summed E-state index contributed by atoms with van der Waals surface area (Å²) in [5, 5.41) is 3.71.